The predicted molar refractivity (Wildman–Crippen MR) is 79.5 cm³/mol. The van der Waals surface area contributed by atoms with E-state index in [0.717, 1.165) is 5.56 Å². The highest BCUT2D eigenvalue weighted by Crippen LogP contribution is 2.12. The van der Waals surface area contributed by atoms with Crippen molar-refractivity contribution < 1.29 is 22.7 Å². The van der Waals surface area contributed by atoms with Gasteiger partial charge in [0, 0.05) is 13.1 Å². The molecule has 0 unspecified atom stereocenters. The third-order valence-corrected chi connectivity index (χ3v) is 4.86. The van der Waals surface area contributed by atoms with E-state index in [-0.39, 0.29) is 6.61 Å². The maximum Gasteiger partial charge on any atom is 0.322 e. The van der Waals surface area contributed by atoms with E-state index in [2.05, 4.69) is 0 Å². The van der Waals surface area contributed by atoms with Gasteiger partial charge in [-0.05, 0) is 17.7 Å². The van der Waals surface area contributed by atoms with E-state index in [1.165, 1.54) is 4.31 Å². The summed E-state index contributed by atoms with van der Waals surface area (Å²) in [6.45, 7) is 4.17. The number of methoxy groups -OCH3 is 1. The van der Waals surface area contributed by atoms with Crippen LogP contribution in [0.4, 0.5) is 0 Å². The van der Waals surface area contributed by atoms with Crippen LogP contribution in [-0.4, -0.2) is 44.6 Å². The zero-order chi connectivity index (χ0) is 15.9. The van der Waals surface area contributed by atoms with Gasteiger partial charge in [0.25, 0.3) is 0 Å². The Balaban J connectivity index is 2.53. The molecule has 1 aromatic carbocycles. The van der Waals surface area contributed by atoms with Gasteiger partial charge in [0.15, 0.2) is 5.75 Å². The quantitative estimate of drug-likeness (QED) is 0.678. The maximum atomic E-state index is 11.9. The molecular formula is C14H21NO5S. The molecule has 0 heterocycles. The number of carbonyl (C=O) groups excluding carboxylic acids is 1. The molecule has 0 atom stereocenters. The number of carbonyl (C=O) groups is 1. The minimum Gasteiger partial charge on any atom is -0.497 e. The minimum atomic E-state index is -3.60. The highest BCUT2D eigenvalue weighted by molar-refractivity contribution is 7.89. The number of sulfonamides is 1. The fraction of sp³-hybridized carbons (Fsp3) is 0.500. The minimum absolute atomic E-state index is 0.0383. The number of hydrogen-bond acceptors (Lipinski definition) is 5. The first-order chi connectivity index (χ1) is 9.92. The second-order valence-corrected chi connectivity index (χ2v) is 6.32. The Morgan fingerprint density at radius 2 is 1.71 bits per heavy atom. The molecule has 0 saturated carbocycles. The van der Waals surface area contributed by atoms with Gasteiger partial charge in [-0.15, -0.1) is 0 Å². The lowest BCUT2D eigenvalue weighted by Gasteiger charge is -2.17. The Bertz CT molecular complexity index is 549. The smallest absolute Gasteiger partial charge is 0.322 e. The van der Waals surface area contributed by atoms with Crippen LogP contribution in [-0.2, 0) is 26.2 Å². The van der Waals surface area contributed by atoms with Crippen molar-refractivity contribution in [3.63, 3.8) is 0 Å². The molecule has 6 nitrogen and oxygen atoms in total. The van der Waals surface area contributed by atoms with Gasteiger partial charge in [0.05, 0.1) is 7.11 Å². The van der Waals surface area contributed by atoms with Crippen LogP contribution >= 0.6 is 0 Å². The Morgan fingerprint density at radius 3 is 2.19 bits per heavy atom. The zero-order valence-electron chi connectivity index (χ0n) is 12.5. The molecule has 0 saturated heterocycles. The average Bonchev–Trinajstić information content (AvgIpc) is 2.46. The van der Waals surface area contributed by atoms with E-state index in [4.69, 9.17) is 9.47 Å². The van der Waals surface area contributed by atoms with Crippen LogP contribution in [0, 0.1) is 0 Å². The molecule has 1 rings (SSSR count). The van der Waals surface area contributed by atoms with Crippen LogP contribution in [0.1, 0.15) is 19.4 Å². The van der Waals surface area contributed by atoms with Crippen molar-refractivity contribution in [1.82, 2.24) is 4.31 Å². The van der Waals surface area contributed by atoms with Crippen molar-refractivity contribution in [2.24, 2.45) is 0 Å². The van der Waals surface area contributed by atoms with Crippen molar-refractivity contribution in [1.29, 1.82) is 0 Å². The topological polar surface area (TPSA) is 72.9 Å². The van der Waals surface area contributed by atoms with Crippen LogP contribution in [0.25, 0.3) is 0 Å². The first kappa shape index (κ1) is 17.5. The molecule has 0 aliphatic rings. The molecule has 0 aliphatic heterocycles. The van der Waals surface area contributed by atoms with Crippen LogP contribution in [0.5, 0.6) is 5.75 Å². The highest BCUT2D eigenvalue weighted by Gasteiger charge is 2.23. The number of nitrogens with zero attached hydrogens (tertiary/aromatic N) is 1. The van der Waals surface area contributed by atoms with Crippen molar-refractivity contribution in [3.05, 3.63) is 29.8 Å². The summed E-state index contributed by atoms with van der Waals surface area (Å²) in [5.74, 6) is -0.683. The Kier molecular flexibility index (Phi) is 6.64. The molecular weight excluding hydrogens is 294 g/mol. The summed E-state index contributed by atoms with van der Waals surface area (Å²) in [7, 11) is -2.04. The second-order valence-electron chi connectivity index (χ2n) is 4.35. The van der Waals surface area contributed by atoms with Gasteiger partial charge in [-0.1, -0.05) is 26.0 Å². The first-order valence-corrected chi connectivity index (χ1v) is 8.30. The molecule has 0 aliphatic carbocycles. The van der Waals surface area contributed by atoms with Gasteiger partial charge in [-0.3, -0.25) is 4.79 Å². The van der Waals surface area contributed by atoms with Crippen LogP contribution in [0.3, 0.4) is 0 Å². The van der Waals surface area contributed by atoms with Gasteiger partial charge in [-0.2, -0.15) is 0 Å². The molecule has 0 aromatic heterocycles. The summed E-state index contributed by atoms with van der Waals surface area (Å²) in [5, 5.41) is 0. The normalized spacial score (nSPS) is 11.4. The summed E-state index contributed by atoms with van der Waals surface area (Å²) < 4.78 is 35.1. The fourth-order valence-electron chi connectivity index (χ4n) is 1.78. The van der Waals surface area contributed by atoms with E-state index < -0.39 is 21.7 Å². The molecule has 7 heteroatoms. The molecule has 1 aromatic rings. The number of ether oxygens (including phenoxy) is 2. The molecule has 0 N–H and O–H groups in total. The average molecular weight is 315 g/mol. The zero-order valence-corrected chi connectivity index (χ0v) is 13.4. The molecule has 0 amide bonds. The number of esters is 1. The van der Waals surface area contributed by atoms with Crippen LogP contribution < -0.4 is 4.74 Å². The summed E-state index contributed by atoms with van der Waals surface area (Å²) >= 11 is 0. The third-order valence-electron chi connectivity index (χ3n) is 2.96. The molecule has 0 radical (unpaired) electrons. The Hall–Kier alpha value is -1.60. The summed E-state index contributed by atoms with van der Waals surface area (Å²) in [6, 6.07) is 7.00. The van der Waals surface area contributed by atoms with Gasteiger partial charge in [0.1, 0.15) is 12.4 Å². The molecule has 0 spiro atoms. The van der Waals surface area contributed by atoms with Gasteiger partial charge in [0.2, 0.25) is 10.0 Å². The van der Waals surface area contributed by atoms with Crippen LogP contribution in [0.15, 0.2) is 24.3 Å². The summed E-state index contributed by atoms with van der Waals surface area (Å²) in [6.07, 6.45) is 0. The van der Waals surface area contributed by atoms with E-state index in [9.17, 15) is 13.2 Å². The van der Waals surface area contributed by atoms with Gasteiger partial charge < -0.3 is 9.47 Å². The first-order valence-electron chi connectivity index (χ1n) is 6.69. The van der Waals surface area contributed by atoms with E-state index in [0.29, 0.717) is 18.8 Å². The monoisotopic (exact) mass is 315 g/mol. The largest absolute Gasteiger partial charge is 0.497 e. The van der Waals surface area contributed by atoms with Crippen molar-refractivity contribution in [2.75, 3.05) is 26.0 Å². The Morgan fingerprint density at radius 1 is 1.14 bits per heavy atom. The van der Waals surface area contributed by atoms with E-state index in [1.807, 2.05) is 0 Å². The van der Waals surface area contributed by atoms with E-state index >= 15 is 0 Å². The van der Waals surface area contributed by atoms with E-state index in [1.54, 1.807) is 45.2 Å². The third kappa shape index (κ3) is 5.35. The maximum absolute atomic E-state index is 11.9. The molecule has 118 valence electrons. The van der Waals surface area contributed by atoms with Crippen molar-refractivity contribution in [2.45, 2.75) is 20.5 Å². The lowest BCUT2D eigenvalue weighted by atomic mass is 10.2. The Labute approximate surface area is 125 Å². The number of hydrogen-bond donors (Lipinski definition) is 0. The fourth-order valence-corrected chi connectivity index (χ4v) is 3.14. The van der Waals surface area contributed by atoms with Crippen LogP contribution in [0.2, 0.25) is 0 Å². The second kappa shape index (κ2) is 7.99. The molecule has 0 bridgehead atoms. The van der Waals surface area contributed by atoms with Crippen molar-refractivity contribution >= 4 is 16.0 Å². The molecule has 21 heavy (non-hydrogen) atoms. The molecule has 0 fully saturated rings. The van der Waals surface area contributed by atoms with Gasteiger partial charge in [-0.25, -0.2) is 12.7 Å². The van der Waals surface area contributed by atoms with Gasteiger partial charge >= 0.3 is 5.97 Å². The predicted octanol–water partition coefficient (Wildman–Crippen LogP) is 1.41. The number of benzene rings is 1. The number of rotatable bonds is 8. The SMILES string of the molecule is CCN(CC)S(=O)(=O)CC(=O)OCc1ccc(OC)cc1. The summed E-state index contributed by atoms with van der Waals surface area (Å²) in [5.41, 5.74) is 0.768. The summed E-state index contributed by atoms with van der Waals surface area (Å²) in [4.78, 5) is 11.6. The highest BCUT2D eigenvalue weighted by atomic mass is 32.2. The van der Waals surface area contributed by atoms with Crippen molar-refractivity contribution in [3.8, 4) is 5.75 Å². The standard InChI is InChI=1S/C14H21NO5S/c1-4-15(5-2)21(17,18)11-14(16)20-10-12-6-8-13(19-3)9-7-12/h6-9H,4-5,10-11H2,1-3H3. The lowest BCUT2D eigenvalue weighted by Crippen LogP contribution is -2.35. The lowest BCUT2D eigenvalue weighted by molar-refractivity contribution is -0.141.